The van der Waals surface area contributed by atoms with Crippen LogP contribution in [0.4, 0.5) is 10.8 Å². The van der Waals surface area contributed by atoms with Crippen LogP contribution in [0.1, 0.15) is 46.3 Å². The highest BCUT2D eigenvalue weighted by atomic mass is 32.1. The average Bonchev–Trinajstić information content (AvgIpc) is 3.08. The summed E-state index contributed by atoms with van der Waals surface area (Å²) in [6, 6.07) is 6.41. The quantitative estimate of drug-likeness (QED) is 0.551. The number of hydrogen-bond donors (Lipinski definition) is 1. The predicted octanol–water partition coefficient (Wildman–Crippen LogP) is 3.81. The maximum Gasteiger partial charge on any atom is 0.222 e. The third kappa shape index (κ3) is 5.15. The molecule has 0 radical (unpaired) electrons. The minimum absolute atomic E-state index is 0.0447. The number of carbonyl (C=O) groups is 2. The largest absolute Gasteiger partial charge is 0.368 e. The summed E-state index contributed by atoms with van der Waals surface area (Å²) in [6.45, 7) is 11.7. The summed E-state index contributed by atoms with van der Waals surface area (Å²) >= 11 is 1.38. The number of anilines is 2. The lowest BCUT2D eigenvalue weighted by molar-refractivity contribution is -0.131. The Morgan fingerprint density at radius 2 is 1.86 bits per heavy atom. The van der Waals surface area contributed by atoms with Crippen LogP contribution >= 0.6 is 11.3 Å². The molecule has 6 nitrogen and oxygen atoms in total. The topological polar surface area (TPSA) is 65.5 Å². The first kappa shape index (κ1) is 21.3. The number of nitrogens with one attached hydrogen (secondary N) is 1. The molecule has 156 valence electrons. The van der Waals surface area contributed by atoms with Gasteiger partial charge in [-0.25, -0.2) is 4.98 Å². The Morgan fingerprint density at radius 3 is 2.52 bits per heavy atom. The van der Waals surface area contributed by atoms with Crippen LogP contribution in [0.15, 0.2) is 18.2 Å². The number of ketones is 1. The van der Waals surface area contributed by atoms with Gasteiger partial charge in [-0.1, -0.05) is 23.5 Å². The van der Waals surface area contributed by atoms with Gasteiger partial charge in [0.25, 0.3) is 0 Å². The van der Waals surface area contributed by atoms with E-state index in [1.807, 2.05) is 11.8 Å². The van der Waals surface area contributed by atoms with Gasteiger partial charge in [-0.3, -0.25) is 9.59 Å². The minimum atomic E-state index is 0.0447. The number of nitrogens with zero attached hydrogens (tertiary/aromatic N) is 3. The van der Waals surface area contributed by atoms with Crippen LogP contribution in [0.3, 0.4) is 0 Å². The molecule has 2 heterocycles. The van der Waals surface area contributed by atoms with Crippen molar-refractivity contribution in [2.24, 2.45) is 0 Å². The Hall–Kier alpha value is -2.41. The first-order valence-electron chi connectivity index (χ1n) is 10.2. The highest BCUT2D eigenvalue weighted by molar-refractivity contribution is 7.17. The second-order valence-corrected chi connectivity index (χ2v) is 8.61. The van der Waals surface area contributed by atoms with Crippen molar-refractivity contribution in [2.45, 2.75) is 40.5 Å². The Balaban J connectivity index is 1.41. The fourth-order valence-electron chi connectivity index (χ4n) is 3.67. The van der Waals surface area contributed by atoms with E-state index in [1.54, 1.807) is 6.92 Å². The Bertz CT molecular complexity index is 885. The number of thiazole rings is 1. The van der Waals surface area contributed by atoms with Gasteiger partial charge >= 0.3 is 0 Å². The highest BCUT2D eigenvalue weighted by Crippen LogP contribution is 2.24. The van der Waals surface area contributed by atoms with Crippen LogP contribution < -0.4 is 10.2 Å². The van der Waals surface area contributed by atoms with E-state index in [4.69, 9.17) is 0 Å². The van der Waals surface area contributed by atoms with Crippen LogP contribution in [0.25, 0.3) is 0 Å². The van der Waals surface area contributed by atoms with E-state index >= 15 is 0 Å². The van der Waals surface area contributed by atoms with Crippen molar-refractivity contribution in [2.75, 3.05) is 42.9 Å². The van der Waals surface area contributed by atoms with Crippen molar-refractivity contribution >= 4 is 33.8 Å². The number of aromatic nitrogens is 1. The maximum absolute atomic E-state index is 12.5. The SMILES string of the molecule is CC(=O)c1sc(NCCCC(=O)N2CCN(c3cccc(C)c3C)CC2)nc1C. The van der Waals surface area contributed by atoms with Gasteiger partial charge in [0.15, 0.2) is 10.9 Å². The van der Waals surface area contributed by atoms with Gasteiger partial charge in [0.1, 0.15) is 0 Å². The zero-order chi connectivity index (χ0) is 21.0. The molecule has 1 fully saturated rings. The van der Waals surface area contributed by atoms with Crippen molar-refractivity contribution in [1.82, 2.24) is 9.88 Å². The zero-order valence-electron chi connectivity index (χ0n) is 17.7. The smallest absolute Gasteiger partial charge is 0.222 e. The summed E-state index contributed by atoms with van der Waals surface area (Å²) < 4.78 is 0. The van der Waals surface area contributed by atoms with E-state index in [2.05, 4.69) is 47.2 Å². The molecule has 0 unspecified atom stereocenters. The molecule has 1 aromatic carbocycles. The van der Waals surface area contributed by atoms with Crippen LogP contribution in [0, 0.1) is 20.8 Å². The Labute approximate surface area is 176 Å². The number of benzene rings is 1. The summed E-state index contributed by atoms with van der Waals surface area (Å²) in [4.78, 5) is 33.5. The summed E-state index contributed by atoms with van der Waals surface area (Å²) in [6.07, 6.45) is 1.28. The summed E-state index contributed by atoms with van der Waals surface area (Å²) in [5.74, 6) is 0.260. The third-order valence-corrected chi connectivity index (χ3v) is 6.73. The van der Waals surface area contributed by atoms with Gasteiger partial charge in [0, 0.05) is 51.8 Å². The fraction of sp³-hybridized carbons (Fsp3) is 0.500. The normalized spacial score (nSPS) is 14.2. The lowest BCUT2D eigenvalue weighted by Crippen LogP contribution is -2.49. The van der Waals surface area contributed by atoms with Crippen LogP contribution in [-0.2, 0) is 4.79 Å². The van der Waals surface area contributed by atoms with E-state index < -0.39 is 0 Å². The highest BCUT2D eigenvalue weighted by Gasteiger charge is 2.22. The number of amides is 1. The number of aryl methyl sites for hydroxylation is 2. The van der Waals surface area contributed by atoms with Gasteiger partial charge in [-0.15, -0.1) is 0 Å². The number of Topliss-reactive ketones (excluding diaryl/α,β-unsaturated/α-hetero) is 1. The molecule has 2 aromatic rings. The molecule has 0 aliphatic carbocycles. The molecule has 1 N–H and O–H groups in total. The molecule has 0 bridgehead atoms. The molecule has 3 rings (SSSR count). The molecule has 7 heteroatoms. The van der Waals surface area contributed by atoms with Gasteiger partial charge in [0.05, 0.1) is 10.6 Å². The Kier molecular flexibility index (Phi) is 6.90. The molecule has 1 aliphatic heterocycles. The van der Waals surface area contributed by atoms with Crippen molar-refractivity contribution in [3.8, 4) is 0 Å². The summed E-state index contributed by atoms with van der Waals surface area (Å²) in [5.41, 5.74) is 4.68. The summed E-state index contributed by atoms with van der Waals surface area (Å²) in [5, 5.41) is 3.99. The standard InChI is InChI=1S/C22H30N4O2S/c1-15-7-5-8-19(16(15)2)25-11-13-26(14-12-25)20(28)9-6-10-23-22-24-17(3)21(29-22)18(4)27/h5,7-8H,6,9-14H2,1-4H3,(H,23,24). The zero-order valence-corrected chi connectivity index (χ0v) is 18.6. The molecular formula is C22H30N4O2S. The van der Waals surface area contributed by atoms with Crippen LogP contribution in [0.2, 0.25) is 0 Å². The van der Waals surface area contributed by atoms with Crippen molar-refractivity contribution in [3.05, 3.63) is 39.9 Å². The van der Waals surface area contributed by atoms with Gasteiger partial charge < -0.3 is 15.1 Å². The van der Waals surface area contributed by atoms with Crippen molar-refractivity contribution < 1.29 is 9.59 Å². The summed E-state index contributed by atoms with van der Waals surface area (Å²) in [7, 11) is 0. The first-order valence-corrected chi connectivity index (χ1v) is 11.0. The molecule has 1 aliphatic rings. The molecule has 0 saturated carbocycles. The molecule has 1 saturated heterocycles. The number of rotatable bonds is 7. The molecule has 0 spiro atoms. The van der Waals surface area contributed by atoms with E-state index in [9.17, 15) is 9.59 Å². The van der Waals surface area contributed by atoms with Crippen molar-refractivity contribution in [1.29, 1.82) is 0 Å². The van der Waals surface area contributed by atoms with Gasteiger partial charge in [0.2, 0.25) is 5.91 Å². The predicted molar refractivity (Wildman–Crippen MR) is 119 cm³/mol. The van der Waals surface area contributed by atoms with Gasteiger partial charge in [-0.2, -0.15) is 0 Å². The number of piperazine rings is 1. The van der Waals surface area contributed by atoms with E-state index in [1.165, 1.54) is 28.2 Å². The third-order valence-electron chi connectivity index (χ3n) is 5.51. The van der Waals surface area contributed by atoms with E-state index in [0.717, 1.165) is 43.4 Å². The second kappa shape index (κ2) is 9.39. The Morgan fingerprint density at radius 1 is 1.14 bits per heavy atom. The molecule has 29 heavy (non-hydrogen) atoms. The molecule has 1 aromatic heterocycles. The fourth-order valence-corrected chi connectivity index (χ4v) is 4.55. The lowest BCUT2D eigenvalue weighted by atomic mass is 10.1. The molecule has 1 amide bonds. The number of hydrogen-bond acceptors (Lipinski definition) is 6. The van der Waals surface area contributed by atoms with E-state index in [-0.39, 0.29) is 11.7 Å². The van der Waals surface area contributed by atoms with Crippen LogP contribution in [0.5, 0.6) is 0 Å². The van der Waals surface area contributed by atoms with Crippen LogP contribution in [-0.4, -0.2) is 54.3 Å². The van der Waals surface area contributed by atoms with Gasteiger partial charge in [-0.05, 0) is 44.4 Å². The molecule has 0 atom stereocenters. The number of carbonyl (C=O) groups excluding carboxylic acids is 2. The van der Waals surface area contributed by atoms with E-state index in [0.29, 0.717) is 17.8 Å². The average molecular weight is 415 g/mol. The minimum Gasteiger partial charge on any atom is -0.368 e. The first-order chi connectivity index (χ1) is 13.9. The monoisotopic (exact) mass is 414 g/mol. The maximum atomic E-state index is 12.5. The molecular weight excluding hydrogens is 384 g/mol. The lowest BCUT2D eigenvalue weighted by Gasteiger charge is -2.37. The van der Waals surface area contributed by atoms with Crippen molar-refractivity contribution in [3.63, 3.8) is 0 Å². The second-order valence-electron chi connectivity index (χ2n) is 7.61.